The van der Waals surface area contributed by atoms with E-state index in [1.54, 1.807) is 12.1 Å². The minimum atomic E-state index is -0.772. The third-order valence-electron chi connectivity index (χ3n) is 2.08. The van der Waals surface area contributed by atoms with Crippen LogP contribution >= 0.6 is 22.9 Å². The minimum absolute atomic E-state index is 0.104. The Bertz CT molecular complexity index is 372. The van der Waals surface area contributed by atoms with Crippen LogP contribution < -0.4 is 11.1 Å². The van der Waals surface area contributed by atoms with Crippen molar-refractivity contribution in [3.8, 4) is 0 Å². The third kappa shape index (κ3) is 4.61. The van der Waals surface area contributed by atoms with Crippen molar-refractivity contribution < 1.29 is 14.6 Å². The third-order valence-corrected chi connectivity index (χ3v) is 3.41. The molecule has 1 aromatic rings. The summed E-state index contributed by atoms with van der Waals surface area (Å²) in [6.07, 6.45) is -0.772. The van der Waals surface area contributed by atoms with Crippen LogP contribution in [0.25, 0.3) is 0 Å². The van der Waals surface area contributed by atoms with Crippen molar-refractivity contribution in [3.63, 3.8) is 0 Å². The van der Waals surface area contributed by atoms with Gasteiger partial charge in [0.1, 0.15) is 12.1 Å². The maximum Gasteiger partial charge on any atom is 0.239 e. The molecule has 1 rings (SSSR count). The first-order valence-corrected chi connectivity index (χ1v) is 6.19. The Kier molecular flexibility index (Phi) is 5.87. The van der Waals surface area contributed by atoms with Gasteiger partial charge in [-0.05, 0) is 12.1 Å². The molecule has 0 saturated heterocycles. The SMILES string of the molecule is COCC(N)C(=O)NCC(O)c1ccc(Cl)s1. The average Bonchev–Trinajstić information content (AvgIpc) is 2.72. The molecule has 5 nitrogen and oxygen atoms in total. The van der Waals surface area contributed by atoms with Gasteiger partial charge in [-0.25, -0.2) is 0 Å². The van der Waals surface area contributed by atoms with Crippen LogP contribution in [0.15, 0.2) is 12.1 Å². The van der Waals surface area contributed by atoms with Gasteiger partial charge in [0.2, 0.25) is 5.91 Å². The van der Waals surface area contributed by atoms with Crippen LogP contribution in [0.3, 0.4) is 0 Å². The van der Waals surface area contributed by atoms with Crippen molar-refractivity contribution in [2.75, 3.05) is 20.3 Å². The zero-order valence-electron chi connectivity index (χ0n) is 9.35. The summed E-state index contributed by atoms with van der Waals surface area (Å²) in [6.45, 7) is 0.250. The fraction of sp³-hybridized carbons (Fsp3) is 0.500. The fourth-order valence-electron chi connectivity index (χ4n) is 1.19. The van der Waals surface area contributed by atoms with Crippen LogP contribution in [0.1, 0.15) is 11.0 Å². The number of rotatable bonds is 6. The van der Waals surface area contributed by atoms with Gasteiger partial charge < -0.3 is 20.9 Å². The van der Waals surface area contributed by atoms with Gasteiger partial charge in [0.05, 0.1) is 10.9 Å². The Morgan fingerprint density at radius 3 is 2.94 bits per heavy atom. The highest BCUT2D eigenvalue weighted by Gasteiger charge is 2.16. The second-order valence-electron chi connectivity index (χ2n) is 3.46. The number of hydrogen-bond acceptors (Lipinski definition) is 5. The van der Waals surface area contributed by atoms with E-state index in [0.717, 1.165) is 0 Å². The van der Waals surface area contributed by atoms with Crippen LogP contribution in [0.2, 0.25) is 4.34 Å². The standard InChI is InChI=1S/C10H15ClN2O3S/c1-16-5-6(12)10(15)13-4-7(14)8-2-3-9(11)17-8/h2-3,6-7,14H,4-5,12H2,1H3,(H,13,15). The zero-order chi connectivity index (χ0) is 12.8. The molecule has 0 spiro atoms. The first kappa shape index (κ1) is 14.4. The largest absolute Gasteiger partial charge is 0.386 e. The summed E-state index contributed by atoms with van der Waals surface area (Å²) in [6, 6.07) is 2.70. The van der Waals surface area contributed by atoms with Gasteiger partial charge in [-0.1, -0.05) is 11.6 Å². The first-order chi connectivity index (χ1) is 8.04. The summed E-state index contributed by atoms with van der Waals surface area (Å²) in [5, 5.41) is 12.3. The van der Waals surface area contributed by atoms with Gasteiger partial charge in [-0.2, -0.15) is 0 Å². The van der Waals surface area contributed by atoms with Crippen LogP contribution in [0, 0.1) is 0 Å². The first-order valence-electron chi connectivity index (χ1n) is 5.00. The molecule has 0 radical (unpaired) electrons. The Hall–Kier alpha value is -0.660. The van der Waals surface area contributed by atoms with Crippen LogP contribution in [0.5, 0.6) is 0 Å². The van der Waals surface area contributed by atoms with E-state index in [9.17, 15) is 9.90 Å². The molecule has 0 aliphatic carbocycles. The molecule has 2 atom stereocenters. The van der Waals surface area contributed by atoms with Crippen molar-refractivity contribution in [1.29, 1.82) is 0 Å². The van der Waals surface area contributed by atoms with E-state index in [0.29, 0.717) is 9.21 Å². The lowest BCUT2D eigenvalue weighted by atomic mass is 10.2. The molecule has 1 heterocycles. The lowest BCUT2D eigenvalue weighted by molar-refractivity contribution is -0.123. The van der Waals surface area contributed by atoms with Crippen molar-refractivity contribution in [3.05, 3.63) is 21.3 Å². The molecule has 7 heteroatoms. The van der Waals surface area contributed by atoms with Gasteiger partial charge in [0.15, 0.2) is 0 Å². The number of aliphatic hydroxyl groups is 1. The molecular formula is C10H15ClN2O3S. The van der Waals surface area contributed by atoms with Crippen LogP contribution in [-0.4, -0.2) is 37.3 Å². The molecule has 0 saturated carbocycles. The molecule has 0 aliphatic heterocycles. The number of carbonyl (C=O) groups is 1. The summed E-state index contributed by atoms with van der Waals surface area (Å²) in [5.41, 5.74) is 5.52. The Morgan fingerprint density at radius 1 is 1.71 bits per heavy atom. The average molecular weight is 279 g/mol. The monoisotopic (exact) mass is 278 g/mol. The smallest absolute Gasteiger partial charge is 0.239 e. The summed E-state index contributed by atoms with van der Waals surface area (Å²) < 4.78 is 5.35. The summed E-state index contributed by atoms with van der Waals surface area (Å²) >= 11 is 7.02. The van der Waals surface area contributed by atoms with Crippen molar-refractivity contribution in [2.24, 2.45) is 5.73 Å². The minimum Gasteiger partial charge on any atom is -0.386 e. The molecular weight excluding hydrogens is 264 g/mol. The topological polar surface area (TPSA) is 84.6 Å². The fourth-order valence-corrected chi connectivity index (χ4v) is 2.24. The quantitative estimate of drug-likeness (QED) is 0.708. The predicted molar refractivity (Wildman–Crippen MR) is 67.1 cm³/mol. The van der Waals surface area contributed by atoms with E-state index in [1.807, 2.05) is 0 Å². The molecule has 17 heavy (non-hydrogen) atoms. The predicted octanol–water partition coefficient (Wildman–Crippen LogP) is 0.525. The molecule has 0 fully saturated rings. The Balaban J connectivity index is 2.38. The van der Waals surface area contributed by atoms with E-state index in [1.165, 1.54) is 18.4 Å². The van der Waals surface area contributed by atoms with E-state index in [-0.39, 0.29) is 19.1 Å². The number of amides is 1. The summed E-state index contributed by atoms with van der Waals surface area (Å²) in [5.74, 6) is -0.353. The van der Waals surface area contributed by atoms with Gasteiger partial charge in [-0.3, -0.25) is 4.79 Å². The maximum atomic E-state index is 11.4. The Morgan fingerprint density at radius 2 is 2.41 bits per heavy atom. The van der Waals surface area contributed by atoms with Crippen LogP contribution in [0.4, 0.5) is 0 Å². The second-order valence-corrected chi connectivity index (χ2v) is 5.21. The lowest BCUT2D eigenvalue weighted by Gasteiger charge is -2.13. The van der Waals surface area contributed by atoms with Crippen LogP contribution in [-0.2, 0) is 9.53 Å². The number of nitrogens with two attached hydrogens (primary N) is 1. The summed E-state index contributed by atoms with van der Waals surface area (Å²) in [7, 11) is 1.47. The van der Waals surface area contributed by atoms with E-state index in [4.69, 9.17) is 22.1 Å². The molecule has 96 valence electrons. The maximum absolute atomic E-state index is 11.4. The molecule has 1 amide bonds. The van der Waals surface area contributed by atoms with E-state index < -0.39 is 12.1 Å². The van der Waals surface area contributed by atoms with Crippen molar-refractivity contribution in [1.82, 2.24) is 5.32 Å². The molecule has 0 bridgehead atoms. The lowest BCUT2D eigenvalue weighted by Crippen LogP contribution is -2.44. The molecule has 4 N–H and O–H groups in total. The number of aliphatic hydroxyl groups excluding tert-OH is 1. The molecule has 0 aromatic carbocycles. The normalized spacial score (nSPS) is 14.4. The number of carbonyl (C=O) groups excluding carboxylic acids is 1. The molecule has 0 aliphatic rings. The van der Waals surface area contributed by atoms with Crippen molar-refractivity contribution in [2.45, 2.75) is 12.1 Å². The molecule has 2 unspecified atom stereocenters. The number of nitrogens with one attached hydrogen (secondary N) is 1. The highest BCUT2D eigenvalue weighted by atomic mass is 35.5. The second kappa shape index (κ2) is 6.93. The number of halogens is 1. The number of ether oxygens (including phenoxy) is 1. The highest BCUT2D eigenvalue weighted by molar-refractivity contribution is 7.16. The van der Waals surface area contributed by atoms with Crippen molar-refractivity contribution >= 4 is 28.8 Å². The van der Waals surface area contributed by atoms with Gasteiger partial charge in [0, 0.05) is 18.5 Å². The number of hydrogen-bond donors (Lipinski definition) is 3. The van der Waals surface area contributed by atoms with Gasteiger partial charge >= 0.3 is 0 Å². The number of thiophene rings is 1. The highest BCUT2D eigenvalue weighted by Crippen LogP contribution is 2.26. The molecule has 1 aromatic heterocycles. The van der Waals surface area contributed by atoms with Gasteiger partial charge in [0.25, 0.3) is 0 Å². The van der Waals surface area contributed by atoms with E-state index >= 15 is 0 Å². The summed E-state index contributed by atoms with van der Waals surface area (Å²) in [4.78, 5) is 12.1. The number of methoxy groups -OCH3 is 1. The van der Waals surface area contributed by atoms with Gasteiger partial charge in [-0.15, -0.1) is 11.3 Å². The van der Waals surface area contributed by atoms with E-state index in [2.05, 4.69) is 5.32 Å². The zero-order valence-corrected chi connectivity index (χ0v) is 10.9. The Labute approximate surface area is 109 Å².